The van der Waals surface area contributed by atoms with Gasteiger partial charge in [-0.1, -0.05) is 148 Å². The van der Waals surface area contributed by atoms with Gasteiger partial charge >= 0.3 is 0 Å². The maximum absolute atomic E-state index is 4.33. The van der Waals surface area contributed by atoms with Crippen LogP contribution in [0.25, 0.3) is 55.3 Å². The van der Waals surface area contributed by atoms with Crippen LogP contribution in [0.4, 0.5) is 17.1 Å². The van der Waals surface area contributed by atoms with E-state index in [0.717, 1.165) is 33.9 Å². The summed E-state index contributed by atoms with van der Waals surface area (Å²) in [7, 11) is 0. The van der Waals surface area contributed by atoms with Crippen molar-refractivity contribution in [1.82, 2.24) is 4.57 Å². The molecule has 0 N–H and O–H groups in total. The van der Waals surface area contributed by atoms with Gasteiger partial charge in [-0.2, -0.15) is 0 Å². The standard InChI is InChI=1S/C52H42N2/c1-5-40(28-24-36(2)37-16-8-6-9-17-37)54-50-23-15-13-21-46(50)47-34-39(27-33-51(47)54)38-25-29-42(30-26-38)53(41-18-10-7-11-19-41)43-31-32-45-44-20-12-14-22-48(44)52(3,4)49(45)35-43/h5-35H,2H2,1,3-4H3/b28-24-,40-5?. The maximum atomic E-state index is 4.33. The third-order valence-corrected chi connectivity index (χ3v) is 11.1. The second-order valence-corrected chi connectivity index (χ2v) is 14.6. The van der Waals surface area contributed by atoms with E-state index >= 15 is 0 Å². The van der Waals surface area contributed by atoms with Gasteiger partial charge in [-0.05, 0) is 112 Å². The van der Waals surface area contributed by atoms with Gasteiger partial charge in [0.25, 0.3) is 0 Å². The van der Waals surface area contributed by atoms with Crippen LogP contribution in [0.2, 0.25) is 0 Å². The molecule has 1 aliphatic rings. The van der Waals surface area contributed by atoms with E-state index in [9.17, 15) is 0 Å². The van der Waals surface area contributed by atoms with Gasteiger partial charge in [0.05, 0.1) is 11.0 Å². The summed E-state index contributed by atoms with van der Waals surface area (Å²) < 4.78 is 2.36. The summed E-state index contributed by atoms with van der Waals surface area (Å²) in [5, 5.41) is 2.46. The molecular weight excluding hydrogens is 653 g/mol. The van der Waals surface area contributed by atoms with Crippen molar-refractivity contribution < 1.29 is 0 Å². The highest BCUT2D eigenvalue weighted by Crippen LogP contribution is 2.50. The molecule has 2 heteroatoms. The van der Waals surface area contributed by atoms with Crippen LogP contribution in [-0.4, -0.2) is 4.57 Å². The number of rotatable bonds is 8. The molecule has 9 rings (SSSR count). The van der Waals surface area contributed by atoms with Gasteiger partial charge in [-0.15, -0.1) is 0 Å². The van der Waals surface area contributed by atoms with Gasteiger partial charge in [0.1, 0.15) is 0 Å². The molecule has 0 unspecified atom stereocenters. The number of nitrogens with zero attached hydrogens (tertiary/aromatic N) is 2. The highest BCUT2D eigenvalue weighted by molar-refractivity contribution is 6.11. The van der Waals surface area contributed by atoms with Crippen LogP contribution in [0.15, 0.2) is 195 Å². The van der Waals surface area contributed by atoms with E-state index in [1.54, 1.807) is 0 Å². The molecule has 0 atom stereocenters. The van der Waals surface area contributed by atoms with Crippen molar-refractivity contribution in [3.05, 3.63) is 211 Å². The van der Waals surface area contributed by atoms with E-state index in [4.69, 9.17) is 0 Å². The second-order valence-electron chi connectivity index (χ2n) is 14.6. The normalized spacial score (nSPS) is 13.4. The summed E-state index contributed by atoms with van der Waals surface area (Å²) in [6.45, 7) is 11.1. The van der Waals surface area contributed by atoms with Crippen molar-refractivity contribution >= 4 is 50.1 Å². The van der Waals surface area contributed by atoms with Crippen LogP contribution < -0.4 is 4.90 Å². The van der Waals surface area contributed by atoms with Gasteiger partial charge in [-0.3, -0.25) is 0 Å². The van der Waals surface area contributed by atoms with Gasteiger partial charge in [0.15, 0.2) is 0 Å². The van der Waals surface area contributed by atoms with Crippen molar-refractivity contribution in [3.8, 4) is 22.3 Å². The Morgan fingerprint density at radius 3 is 1.93 bits per heavy atom. The van der Waals surface area contributed by atoms with Gasteiger partial charge in [-0.25, -0.2) is 0 Å². The first-order chi connectivity index (χ1) is 26.4. The first-order valence-corrected chi connectivity index (χ1v) is 18.7. The summed E-state index contributed by atoms with van der Waals surface area (Å²) in [5.41, 5.74) is 16.7. The fourth-order valence-electron chi connectivity index (χ4n) is 8.32. The summed E-state index contributed by atoms with van der Waals surface area (Å²) in [4.78, 5) is 2.37. The molecule has 0 fully saturated rings. The largest absolute Gasteiger partial charge is 0.310 e. The number of benzene rings is 7. The fraction of sp³-hybridized carbons (Fsp3) is 0.0769. The van der Waals surface area contributed by atoms with E-state index in [1.807, 2.05) is 6.07 Å². The minimum Gasteiger partial charge on any atom is -0.310 e. The van der Waals surface area contributed by atoms with Crippen LogP contribution in [0.5, 0.6) is 0 Å². The maximum Gasteiger partial charge on any atom is 0.0541 e. The Balaban J connectivity index is 1.08. The molecule has 0 radical (unpaired) electrons. The minimum atomic E-state index is -0.0728. The predicted molar refractivity (Wildman–Crippen MR) is 232 cm³/mol. The van der Waals surface area contributed by atoms with Crippen LogP contribution in [-0.2, 0) is 5.41 Å². The molecule has 0 bridgehead atoms. The average molecular weight is 695 g/mol. The van der Waals surface area contributed by atoms with Crippen molar-refractivity contribution in [2.45, 2.75) is 26.2 Å². The first kappa shape index (κ1) is 33.2. The average Bonchev–Trinajstić information content (AvgIpc) is 3.67. The molecule has 1 aliphatic carbocycles. The van der Waals surface area contributed by atoms with E-state index in [0.29, 0.717) is 0 Å². The lowest BCUT2D eigenvalue weighted by Gasteiger charge is -2.28. The van der Waals surface area contributed by atoms with Crippen molar-refractivity contribution in [2.75, 3.05) is 4.90 Å². The smallest absolute Gasteiger partial charge is 0.0541 e. The minimum absolute atomic E-state index is 0.0728. The summed E-state index contributed by atoms with van der Waals surface area (Å²) >= 11 is 0. The fourth-order valence-corrected chi connectivity index (χ4v) is 8.32. The van der Waals surface area contributed by atoms with Crippen molar-refractivity contribution in [3.63, 3.8) is 0 Å². The third-order valence-electron chi connectivity index (χ3n) is 11.1. The Hall–Kier alpha value is -6.64. The zero-order valence-electron chi connectivity index (χ0n) is 31.0. The number of hydrogen-bond acceptors (Lipinski definition) is 1. The molecule has 0 amide bonds. The number of para-hydroxylation sites is 2. The first-order valence-electron chi connectivity index (χ1n) is 18.7. The van der Waals surface area contributed by atoms with Crippen molar-refractivity contribution in [2.24, 2.45) is 0 Å². The molecule has 1 aromatic heterocycles. The molecule has 0 spiro atoms. The Labute approximate surface area is 318 Å². The number of anilines is 3. The summed E-state index contributed by atoms with van der Waals surface area (Å²) in [6.07, 6.45) is 6.46. The molecule has 2 nitrogen and oxygen atoms in total. The molecule has 260 valence electrons. The Kier molecular flexibility index (Phi) is 8.24. The molecule has 0 aliphatic heterocycles. The Morgan fingerprint density at radius 1 is 0.537 bits per heavy atom. The predicted octanol–water partition coefficient (Wildman–Crippen LogP) is 14.4. The SMILES string of the molecule is C=C(/C=C\C(=CC)n1c2ccccc2c2cc(-c3ccc(N(c4ccccc4)c4ccc5c(c4)C(C)(C)c4ccccc4-5)cc3)ccc21)c1ccccc1. The van der Waals surface area contributed by atoms with E-state index < -0.39 is 0 Å². The lowest BCUT2D eigenvalue weighted by atomic mass is 9.82. The topological polar surface area (TPSA) is 8.17 Å². The number of aromatic nitrogens is 1. The molecule has 54 heavy (non-hydrogen) atoms. The second kappa shape index (κ2) is 13.4. The molecule has 1 heterocycles. The van der Waals surface area contributed by atoms with Gasteiger partial charge in [0, 0.05) is 38.9 Å². The van der Waals surface area contributed by atoms with Crippen LogP contribution >= 0.6 is 0 Å². The third kappa shape index (κ3) is 5.59. The van der Waals surface area contributed by atoms with E-state index in [2.05, 4.69) is 219 Å². The lowest BCUT2D eigenvalue weighted by Crippen LogP contribution is -2.16. The molecular formula is C52H42N2. The number of fused-ring (bicyclic) bond motifs is 6. The Morgan fingerprint density at radius 2 is 1.15 bits per heavy atom. The van der Waals surface area contributed by atoms with E-state index in [-0.39, 0.29) is 5.41 Å². The van der Waals surface area contributed by atoms with Crippen molar-refractivity contribution in [1.29, 1.82) is 0 Å². The lowest BCUT2D eigenvalue weighted by molar-refractivity contribution is 0.660. The molecule has 7 aromatic carbocycles. The van der Waals surface area contributed by atoms with Crippen LogP contribution in [0.3, 0.4) is 0 Å². The zero-order chi connectivity index (χ0) is 36.8. The molecule has 0 saturated carbocycles. The monoisotopic (exact) mass is 694 g/mol. The van der Waals surface area contributed by atoms with Crippen LogP contribution in [0.1, 0.15) is 37.5 Å². The quantitative estimate of drug-likeness (QED) is 0.144. The van der Waals surface area contributed by atoms with Crippen LogP contribution in [0, 0.1) is 0 Å². The number of hydrogen-bond donors (Lipinski definition) is 0. The molecule has 0 saturated heterocycles. The summed E-state index contributed by atoms with van der Waals surface area (Å²) in [6, 6.07) is 61.4. The highest BCUT2D eigenvalue weighted by Gasteiger charge is 2.35. The summed E-state index contributed by atoms with van der Waals surface area (Å²) in [5.74, 6) is 0. The molecule has 8 aromatic rings. The highest BCUT2D eigenvalue weighted by atomic mass is 15.1. The van der Waals surface area contributed by atoms with Gasteiger partial charge in [0.2, 0.25) is 0 Å². The Bertz CT molecular complexity index is 2740. The zero-order valence-corrected chi connectivity index (χ0v) is 31.0. The number of allylic oxidation sites excluding steroid dienone is 5. The van der Waals surface area contributed by atoms with E-state index in [1.165, 1.54) is 55.2 Å². The van der Waals surface area contributed by atoms with Gasteiger partial charge < -0.3 is 9.47 Å².